The van der Waals surface area contributed by atoms with Crippen molar-refractivity contribution < 1.29 is 4.57 Å². The second-order valence-corrected chi connectivity index (χ2v) is 14.3. The van der Waals surface area contributed by atoms with Crippen LogP contribution in [0.2, 0.25) is 0 Å². The van der Waals surface area contributed by atoms with E-state index in [-0.39, 0.29) is 0 Å². The summed E-state index contributed by atoms with van der Waals surface area (Å²) < 4.78 is 5.20. The van der Waals surface area contributed by atoms with Crippen molar-refractivity contribution in [3.63, 3.8) is 0 Å². The molecular weight excluding hydrogens is 544 g/mol. The maximum Gasteiger partial charge on any atom is 0.256 e. The average molecular weight is 622 g/mol. The number of hydrogen-bond acceptors (Lipinski definition) is 0. The molecule has 0 saturated carbocycles. The van der Waals surface area contributed by atoms with Crippen LogP contribution < -0.4 is 4.57 Å². The van der Waals surface area contributed by atoms with Gasteiger partial charge < -0.3 is 0 Å². The van der Waals surface area contributed by atoms with Crippen LogP contribution in [0.1, 0.15) is 205 Å². The minimum absolute atomic E-state index is 1.15. The molecule has 0 amide bonds. The molecule has 2 aromatic rings. The van der Waals surface area contributed by atoms with E-state index in [0.717, 1.165) is 6.54 Å². The van der Waals surface area contributed by atoms with E-state index in [9.17, 15) is 0 Å². The fourth-order valence-electron chi connectivity index (χ4n) is 7.07. The summed E-state index contributed by atoms with van der Waals surface area (Å²) in [5.74, 6) is 1.58. The summed E-state index contributed by atoms with van der Waals surface area (Å²) in [5, 5.41) is 0. The predicted molar refractivity (Wildman–Crippen MR) is 199 cm³/mol. The predicted octanol–water partition coefficient (Wildman–Crippen LogP) is 13.5. The van der Waals surface area contributed by atoms with Gasteiger partial charge in [-0.15, -0.1) is 0 Å². The van der Waals surface area contributed by atoms with E-state index >= 15 is 0 Å². The minimum Gasteiger partial charge on any atom is -0.234 e. The molecule has 1 heterocycles. The number of aromatic nitrogens is 2. The van der Waals surface area contributed by atoms with Gasteiger partial charge in [-0.3, -0.25) is 0 Å². The molecule has 0 radical (unpaired) electrons. The first-order chi connectivity index (χ1) is 22.3. The molecule has 0 fully saturated rings. The highest BCUT2D eigenvalue weighted by Gasteiger charge is 2.16. The molecule has 2 rings (SSSR count). The van der Waals surface area contributed by atoms with Gasteiger partial charge in [-0.25, -0.2) is 9.13 Å². The standard InChI is InChI=1S/C43H77N2/c1-3-5-7-9-11-13-15-17-18-19-20-22-24-26-31-37-43-44(38-32-27-25-23-21-16-14-12-10-8-6-4-2)40-41-45(43)39-33-36-42-34-29-28-30-35-42/h28-30,34-35,40-41H,3-27,31-33,36-39H2,1-2H3/q+1. The van der Waals surface area contributed by atoms with E-state index < -0.39 is 0 Å². The number of rotatable bonds is 33. The number of nitrogens with zero attached hydrogens (tertiary/aromatic N) is 2. The Hall–Kier alpha value is -1.57. The first-order valence-corrected chi connectivity index (χ1v) is 20.5. The molecule has 45 heavy (non-hydrogen) atoms. The summed E-state index contributed by atoms with van der Waals surface area (Å²) in [6.07, 6.45) is 47.1. The Labute approximate surface area is 282 Å². The number of benzene rings is 1. The van der Waals surface area contributed by atoms with Crippen molar-refractivity contribution in [3.05, 3.63) is 54.1 Å². The molecule has 0 unspecified atom stereocenters. The minimum atomic E-state index is 1.15. The van der Waals surface area contributed by atoms with Crippen molar-refractivity contribution in [2.75, 3.05) is 0 Å². The van der Waals surface area contributed by atoms with Crippen molar-refractivity contribution >= 4 is 0 Å². The van der Waals surface area contributed by atoms with Gasteiger partial charge in [-0.1, -0.05) is 198 Å². The van der Waals surface area contributed by atoms with Crippen LogP contribution in [0.5, 0.6) is 0 Å². The highest BCUT2D eigenvalue weighted by atomic mass is 15.1. The van der Waals surface area contributed by atoms with Crippen molar-refractivity contribution in [3.8, 4) is 0 Å². The lowest BCUT2D eigenvalue weighted by molar-refractivity contribution is -0.704. The van der Waals surface area contributed by atoms with Crippen molar-refractivity contribution in [2.24, 2.45) is 0 Å². The SMILES string of the molecule is CCCCCCCCCCCCCCCCCc1n(CCCCCCCCCCCCCC)cc[n+]1CCCc1ccccc1. The topological polar surface area (TPSA) is 8.81 Å². The van der Waals surface area contributed by atoms with Crippen LogP contribution in [0.15, 0.2) is 42.7 Å². The van der Waals surface area contributed by atoms with Crippen LogP contribution in [0.25, 0.3) is 0 Å². The molecule has 0 saturated heterocycles. The van der Waals surface area contributed by atoms with E-state index in [4.69, 9.17) is 0 Å². The second kappa shape index (κ2) is 29.8. The van der Waals surface area contributed by atoms with Crippen molar-refractivity contribution in [2.45, 2.75) is 220 Å². The molecule has 0 spiro atoms. The molecule has 2 heteroatoms. The van der Waals surface area contributed by atoms with Crippen LogP contribution in [-0.4, -0.2) is 4.57 Å². The molecule has 0 N–H and O–H groups in total. The summed E-state index contributed by atoms with van der Waals surface area (Å²) >= 11 is 0. The average Bonchev–Trinajstić information content (AvgIpc) is 3.44. The number of hydrogen-bond donors (Lipinski definition) is 0. The van der Waals surface area contributed by atoms with Gasteiger partial charge in [0.15, 0.2) is 0 Å². The van der Waals surface area contributed by atoms with Crippen LogP contribution >= 0.6 is 0 Å². The lowest BCUT2D eigenvalue weighted by Gasteiger charge is -2.07. The number of imidazole rings is 1. The maximum atomic E-state index is 2.61. The molecule has 0 aliphatic carbocycles. The Morgan fingerprint density at radius 1 is 0.444 bits per heavy atom. The van der Waals surface area contributed by atoms with E-state index in [1.54, 1.807) is 5.82 Å². The molecular formula is C43H77N2+. The smallest absolute Gasteiger partial charge is 0.234 e. The zero-order valence-corrected chi connectivity index (χ0v) is 30.6. The van der Waals surface area contributed by atoms with Crippen LogP contribution in [0.4, 0.5) is 0 Å². The second-order valence-electron chi connectivity index (χ2n) is 14.3. The van der Waals surface area contributed by atoms with Gasteiger partial charge in [0.25, 0.3) is 5.82 Å². The Kier molecular flexibility index (Phi) is 26.2. The normalized spacial score (nSPS) is 11.5. The highest BCUT2D eigenvalue weighted by molar-refractivity contribution is 5.14. The quantitative estimate of drug-likeness (QED) is 0.0554. The summed E-state index contributed by atoms with van der Waals surface area (Å²) in [4.78, 5) is 0. The van der Waals surface area contributed by atoms with E-state index in [1.165, 1.54) is 205 Å². The molecule has 0 atom stereocenters. The largest absolute Gasteiger partial charge is 0.256 e. The Morgan fingerprint density at radius 2 is 0.867 bits per heavy atom. The molecule has 0 bridgehead atoms. The molecule has 0 aliphatic heterocycles. The Balaban J connectivity index is 1.61. The molecule has 2 nitrogen and oxygen atoms in total. The van der Waals surface area contributed by atoms with Crippen molar-refractivity contribution in [1.29, 1.82) is 0 Å². The first kappa shape index (κ1) is 39.6. The fraction of sp³-hybridized carbons (Fsp3) is 0.791. The van der Waals surface area contributed by atoms with Crippen LogP contribution in [0, 0.1) is 0 Å². The highest BCUT2D eigenvalue weighted by Crippen LogP contribution is 2.16. The Morgan fingerprint density at radius 3 is 1.33 bits per heavy atom. The Bertz CT molecular complexity index is 869. The van der Waals surface area contributed by atoms with E-state index in [0.29, 0.717) is 0 Å². The molecule has 1 aromatic carbocycles. The molecule has 1 aromatic heterocycles. The number of unbranched alkanes of at least 4 members (excludes halogenated alkanes) is 25. The fourth-order valence-corrected chi connectivity index (χ4v) is 7.07. The summed E-state index contributed by atoms with van der Waals surface area (Å²) in [7, 11) is 0. The third-order valence-electron chi connectivity index (χ3n) is 10.1. The molecule has 0 aliphatic rings. The summed E-state index contributed by atoms with van der Waals surface area (Å²) in [5.41, 5.74) is 1.47. The van der Waals surface area contributed by atoms with Gasteiger partial charge in [-0.05, 0) is 37.7 Å². The molecule has 258 valence electrons. The van der Waals surface area contributed by atoms with Gasteiger partial charge in [0.05, 0.1) is 13.1 Å². The van der Waals surface area contributed by atoms with E-state index in [1.807, 2.05) is 0 Å². The third-order valence-corrected chi connectivity index (χ3v) is 10.1. The summed E-state index contributed by atoms with van der Waals surface area (Å²) in [6.45, 7) is 6.97. The monoisotopic (exact) mass is 622 g/mol. The van der Waals surface area contributed by atoms with Gasteiger partial charge in [0, 0.05) is 6.42 Å². The van der Waals surface area contributed by atoms with Gasteiger partial charge in [0.2, 0.25) is 0 Å². The van der Waals surface area contributed by atoms with E-state index in [2.05, 4.69) is 65.7 Å². The summed E-state index contributed by atoms with van der Waals surface area (Å²) in [6, 6.07) is 11.0. The zero-order chi connectivity index (χ0) is 31.9. The maximum absolute atomic E-state index is 2.61. The van der Waals surface area contributed by atoms with Gasteiger partial charge in [0.1, 0.15) is 12.4 Å². The third kappa shape index (κ3) is 21.8. The lowest BCUT2D eigenvalue weighted by Crippen LogP contribution is -2.37. The number of aryl methyl sites for hydroxylation is 3. The van der Waals surface area contributed by atoms with Crippen molar-refractivity contribution in [1.82, 2.24) is 4.57 Å². The van der Waals surface area contributed by atoms with Gasteiger partial charge in [-0.2, -0.15) is 0 Å². The van der Waals surface area contributed by atoms with Gasteiger partial charge >= 0.3 is 0 Å². The van der Waals surface area contributed by atoms with Crippen LogP contribution in [-0.2, 0) is 25.9 Å². The first-order valence-electron chi connectivity index (χ1n) is 20.5. The van der Waals surface area contributed by atoms with Crippen LogP contribution in [0.3, 0.4) is 0 Å². The lowest BCUT2D eigenvalue weighted by atomic mass is 10.0. The zero-order valence-electron chi connectivity index (χ0n) is 30.6.